The summed E-state index contributed by atoms with van der Waals surface area (Å²) in [6.07, 6.45) is -6.85. The molecule has 0 heterocycles. The van der Waals surface area contributed by atoms with E-state index in [9.17, 15) is 18.3 Å². The Balaban J connectivity index is 2.93. The SMILES string of the molecule is COc1cc(C)c(C(O)CCC(F)(F)F)cc1OC. The van der Waals surface area contributed by atoms with Gasteiger partial charge in [0.15, 0.2) is 11.5 Å². The maximum absolute atomic E-state index is 12.1. The van der Waals surface area contributed by atoms with Crippen molar-refractivity contribution in [3.63, 3.8) is 0 Å². The summed E-state index contributed by atoms with van der Waals surface area (Å²) >= 11 is 0. The van der Waals surface area contributed by atoms with E-state index in [0.717, 1.165) is 0 Å². The zero-order valence-electron chi connectivity index (χ0n) is 11.0. The number of aliphatic hydroxyl groups is 1. The maximum Gasteiger partial charge on any atom is 0.389 e. The van der Waals surface area contributed by atoms with Crippen LogP contribution in [0.3, 0.4) is 0 Å². The molecule has 1 aromatic rings. The van der Waals surface area contributed by atoms with Gasteiger partial charge >= 0.3 is 6.18 Å². The predicted molar refractivity (Wildman–Crippen MR) is 64.5 cm³/mol. The molecule has 0 aliphatic heterocycles. The van der Waals surface area contributed by atoms with Gasteiger partial charge in [-0.25, -0.2) is 0 Å². The Kier molecular flexibility index (Phi) is 5.05. The van der Waals surface area contributed by atoms with Crippen LogP contribution in [0.15, 0.2) is 12.1 Å². The Morgan fingerprint density at radius 3 is 2.16 bits per heavy atom. The van der Waals surface area contributed by atoms with Crippen LogP contribution in [-0.4, -0.2) is 25.5 Å². The number of methoxy groups -OCH3 is 2. The number of hydrogen-bond donors (Lipinski definition) is 1. The van der Waals surface area contributed by atoms with Gasteiger partial charge in [-0.05, 0) is 36.6 Å². The molecule has 1 N–H and O–H groups in total. The van der Waals surface area contributed by atoms with Crippen molar-refractivity contribution in [2.24, 2.45) is 0 Å². The van der Waals surface area contributed by atoms with E-state index in [2.05, 4.69) is 0 Å². The molecule has 1 rings (SSSR count). The van der Waals surface area contributed by atoms with Gasteiger partial charge in [-0.3, -0.25) is 0 Å². The summed E-state index contributed by atoms with van der Waals surface area (Å²) in [6.45, 7) is 1.70. The van der Waals surface area contributed by atoms with Crippen molar-refractivity contribution in [3.05, 3.63) is 23.3 Å². The Labute approximate surface area is 110 Å². The fraction of sp³-hybridized carbons (Fsp3) is 0.538. The molecule has 1 atom stereocenters. The Bertz CT molecular complexity index is 430. The number of benzene rings is 1. The maximum atomic E-state index is 12.1. The molecule has 0 bridgehead atoms. The van der Waals surface area contributed by atoms with Gasteiger partial charge in [-0.1, -0.05) is 0 Å². The zero-order valence-corrected chi connectivity index (χ0v) is 11.0. The number of rotatable bonds is 5. The second-order valence-corrected chi connectivity index (χ2v) is 4.23. The average molecular weight is 278 g/mol. The third-order valence-electron chi connectivity index (χ3n) is 2.83. The minimum absolute atomic E-state index is 0.375. The Morgan fingerprint density at radius 2 is 1.68 bits per heavy atom. The molecule has 0 aliphatic carbocycles. The van der Waals surface area contributed by atoms with Crippen LogP contribution < -0.4 is 9.47 Å². The van der Waals surface area contributed by atoms with E-state index in [1.54, 1.807) is 13.0 Å². The van der Waals surface area contributed by atoms with E-state index in [4.69, 9.17) is 9.47 Å². The normalized spacial score (nSPS) is 13.2. The summed E-state index contributed by atoms with van der Waals surface area (Å²) in [5.41, 5.74) is 1.08. The highest BCUT2D eigenvalue weighted by Gasteiger charge is 2.28. The third-order valence-corrected chi connectivity index (χ3v) is 2.83. The van der Waals surface area contributed by atoms with Crippen molar-refractivity contribution >= 4 is 0 Å². The molecule has 108 valence electrons. The lowest BCUT2D eigenvalue weighted by molar-refractivity contribution is -0.140. The molecule has 6 heteroatoms. The lowest BCUT2D eigenvalue weighted by atomic mass is 9.99. The Morgan fingerprint density at radius 1 is 1.16 bits per heavy atom. The fourth-order valence-electron chi connectivity index (χ4n) is 1.81. The largest absolute Gasteiger partial charge is 0.493 e. The first kappa shape index (κ1) is 15.6. The second kappa shape index (κ2) is 6.14. The van der Waals surface area contributed by atoms with Gasteiger partial charge in [0.05, 0.1) is 20.3 Å². The predicted octanol–water partition coefficient (Wildman–Crippen LogP) is 3.39. The summed E-state index contributed by atoms with van der Waals surface area (Å²) < 4.78 is 46.6. The van der Waals surface area contributed by atoms with Crippen LogP contribution in [0.2, 0.25) is 0 Å². The van der Waals surface area contributed by atoms with E-state index >= 15 is 0 Å². The van der Waals surface area contributed by atoms with E-state index in [-0.39, 0.29) is 6.42 Å². The summed E-state index contributed by atoms with van der Waals surface area (Å²) in [5, 5.41) is 9.85. The van der Waals surface area contributed by atoms with Crippen LogP contribution in [0.4, 0.5) is 13.2 Å². The van der Waals surface area contributed by atoms with Gasteiger partial charge in [-0.15, -0.1) is 0 Å². The van der Waals surface area contributed by atoms with E-state index in [1.165, 1.54) is 20.3 Å². The van der Waals surface area contributed by atoms with Crippen LogP contribution in [0.25, 0.3) is 0 Å². The molecule has 0 spiro atoms. The quantitative estimate of drug-likeness (QED) is 0.897. The van der Waals surface area contributed by atoms with Crippen molar-refractivity contribution < 1.29 is 27.8 Å². The van der Waals surface area contributed by atoms with Crippen molar-refractivity contribution in [1.82, 2.24) is 0 Å². The molecule has 0 aromatic heterocycles. The summed E-state index contributed by atoms with van der Waals surface area (Å²) in [6, 6.07) is 3.14. The molecule has 0 amide bonds. The van der Waals surface area contributed by atoms with Crippen LogP contribution in [0.1, 0.15) is 30.1 Å². The first-order chi connectivity index (χ1) is 8.78. The number of alkyl halides is 3. The minimum Gasteiger partial charge on any atom is -0.493 e. The van der Waals surface area contributed by atoms with Gasteiger partial charge in [-0.2, -0.15) is 13.2 Å². The molecule has 0 saturated heterocycles. The van der Waals surface area contributed by atoms with Crippen molar-refractivity contribution in [1.29, 1.82) is 0 Å². The van der Waals surface area contributed by atoms with Crippen LogP contribution in [0.5, 0.6) is 11.5 Å². The van der Waals surface area contributed by atoms with E-state index < -0.39 is 18.7 Å². The minimum atomic E-state index is -4.27. The highest BCUT2D eigenvalue weighted by molar-refractivity contribution is 5.47. The number of aliphatic hydroxyl groups excluding tert-OH is 1. The fourth-order valence-corrected chi connectivity index (χ4v) is 1.81. The lowest BCUT2D eigenvalue weighted by Gasteiger charge is -2.17. The number of ether oxygens (including phenoxy) is 2. The highest BCUT2D eigenvalue weighted by atomic mass is 19.4. The molecule has 19 heavy (non-hydrogen) atoms. The Hall–Kier alpha value is -1.43. The highest BCUT2D eigenvalue weighted by Crippen LogP contribution is 2.35. The molecular formula is C13H17F3O3. The lowest BCUT2D eigenvalue weighted by Crippen LogP contribution is -2.11. The van der Waals surface area contributed by atoms with Crippen molar-refractivity contribution in [2.45, 2.75) is 32.0 Å². The van der Waals surface area contributed by atoms with E-state index in [1.807, 2.05) is 0 Å². The van der Waals surface area contributed by atoms with Crippen LogP contribution in [-0.2, 0) is 0 Å². The van der Waals surface area contributed by atoms with Gasteiger partial charge in [0.1, 0.15) is 0 Å². The topological polar surface area (TPSA) is 38.7 Å². The monoisotopic (exact) mass is 278 g/mol. The smallest absolute Gasteiger partial charge is 0.389 e. The van der Waals surface area contributed by atoms with Gasteiger partial charge in [0.25, 0.3) is 0 Å². The van der Waals surface area contributed by atoms with Gasteiger partial charge < -0.3 is 14.6 Å². The number of halogens is 3. The molecule has 1 aromatic carbocycles. The van der Waals surface area contributed by atoms with E-state index in [0.29, 0.717) is 22.6 Å². The average Bonchev–Trinajstić information content (AvgIpc) is 2.34. The van der Waals surface area contributed by atoms with Gasteiger partial charge in [0, 0.05) is 6.42 Å². The molecule has 1 unspecified atom stereocenters. The summed E-state index contributed by atoms with van der Waals surface area (Å²) in [5.74, 6) is 0.862. The summed E-state index contributed by atoms with van der Waals surface area (Å²) in [7, 11) is 2.90. The first-order valence-corrected chi connectivity index (χ1v) is 5.76. The molecule has 0 saturated carbocycles. The zero-order chi connectivity index (χ0) is 14.6. The second-order valence-electron chi connectivity index (χ2n) is 4.23. The van der Waals surface area contributed by atoms with Crippen LogP contribution in [0, 0.1) is 6.92 Å². The van der Waals surface area contributed by atoms with Crippen molar-refractivity contribution in [3.8, 4) is 11.5 Å². The molecule has 0 fully saturated rings. The number of hydrogen-bond acceptors (Lipinski definition) is 3. The molecule has 0 aliphatic rings. The number of aryl methyl sites for hydroxylation is 1. The first-order valence-electron chi connectivity index (χ1n) is 5.76. The third kappa shape index (κ3) is 4.31. The molecule has 0 radical (unpaired) electrons. The molecular weight excluding hydrogens is 261 g/mol. The van der Waals surface area contributed by atoms with Crippen molar-refractivity contribution in [2.75, 3.05) is 14.2 Å². The molecule has 3 nitrogen and oxygen atoms in total. The van der Waals surface area contributed by atoms with Crippen LogP contribution >= 0.6 is 0 Å². The summed E-state index contributed by atoms with van der Waals surface area (Å²) in [4.78, 5) is 0. The van der Waals surface area contributed by atoms with Gasteiger partial charge in [0.2, 0.25) is 0 Å². The standard InChI is InChI=1S/C13H17F3O3/c1-8-6-11(18-2)12(19-3)7-9(8)10(17)4-5-13(14,15)16/h6-7,10,17H,4-5H2,1-3H3.